The number of anilines is 1. The molecule has 1 fully saturated rings. The summed E-state index contributed by atoms with van der Waals surface area (Å²) in [6, 6.07) is 5.04. The van der Waals surface area contributed by atoms with E-state index in [1.54, 1.807) is 0 Å². The first-order valence-corrected chi connectivity index (χ1v) is 7.07. The van der Waals surface area contributed by atoms with Crippen LogP contribution in [0.3, 0.4) is 0 Å². The molecule has 1 amide bonds. The van der Waals surface area contributed by atoms with Gasteiger partial charge >= 0.3 is 6.18 Å². The van der Waals surface area contributed by atoms with Gasteiger partial charge in [0.1, 0.15) is 0 Å². The number of nitrogens with one attached hydrogen (secondary N) is 1. The molecule has 1 aliphatic rings. The lowest BCUT2D eigenvalue weighted by Gasteiger charge is -2.32. The highest BCUT2D eigenvalue weighted by Gasteiger charge is 2.30. The number of alkyl halides is 3. The third-order valence-corrected chi connectivity index (χ3v) is 3.76. The maximum absolute atomic E-state index is 12.6. The van der Waals surface area contributed by atoms with E-state index in [4.69, 9.17) is 0 Å². The van der Waals surface area contributed by atoms with Gasteiger partial charge in [-0.2, -0.15) is 13.2 Å². The molecule has 1 aliphatic heterocycles. The van der Waals surface area contributed by atoms with Gasteiger partial charge in [0.05, 0.1) is 12.1 Å². The normalized spacial score (nSPS) is 20.3. The van der Waals surface area contributed by atoms with E-state index in [0.29, 0.717) is 6.04 Å². The Morgan fingerprint density at radius 2 is 2.14 bits per heavy atom. The number of piperidine rings is 1. The summed E-state index contributed by atoms with van der Waals surface area (Å²) in [4.78, 5) is 14.0. The Hall–Kier alpha value is -1.56. The minimum Gasteiger partial charge on any atom is -0.325 e. The summed E-state index contributed by atoms with van der Waals surface area (Å²) < 4.78 is 37.8. The van der Waals surface area contributed by atoms with Gasteiger partial charge in [0.2, 0.25) is 5.91 Å². The van der Waals surface area contributed by atoms with Crippen molar-refractivity contribution in [3.8, 4) is 0 Å². The fraction of sp³-hybridized carbons (Fsp3) is 0.533. The fourth-order valence-corrected chi connectivity index (χ4v) is 2.55. The van der Waals surface area contributed by atoms with Gasteiger partial charge in [0.25, 0.3) is 0 Å². The van der Waals surface area contributed by atoms with Crippen LogP contribution in [0.25, 0.3) is 0 Å². The van der Waals surface area contributed by atoms with Crippen LogP contribution in [-0.2, 0) is 11.0 Å². The van der Waals surface area contributed by atoms with Gasteiger partial charge in [-0.05, 0) is 44.5 Å². The maximum atomic E-state index is 12.6. The highest BCUT2D eigenvalue weighted by Crippen LogP contribution is 2.30. The number of amides is 1. The summed E-state index contributed by atoms with van der Waals surface area (Å²) in [5, 5.41) is 2.54. The maximum Gasteiger partial charge on any atom is 0.416 e. The second-order valence-corrected chi connectivity index (χ2v) is 5.44. The van der Waals surface area contributed by atoms with Crippen molar-refractivity contribution < 1.29 is 18.0 Å². The van der Waals surface area contributed by atoms with Crippen molar-refractivity contribution >= 4 is 11.6 Å². The highest BCUT2D eigenvalue weighted by atomic mass is 19.4. The molecule has 0 aromatic heterocycles. The third-order valence-electron chi connectivity index (χ3n) is 3.76. The van der Waals surface area contributed by atoms with Crippen LogP contribution >= 0.6 is 0 Å². The molecule has 116 valence electrons. The zero-order chi connectivity index (χ0) is 15.5. The third kappa shape index (κ3) is 4.46. The molecular formula is C15H19F3N2O. The Labute approximate surface area is 122 Å². The Balaban J connectivity index is 1.96. The van der Waals surface area contributed by atoms with Gasteiger partial charge in [-0.3, -0.25) is 9.69 Å². The lowest BCUT2D eigenvalue weighted by Crippen LogP contribution is -2.42. The van der Waals surface area contributed by atoms with Crippen molar-refractivity contribution in [2.75, 3.05) is 18.4 Å². The lowest BCUT2D eigenvalue weighted by atomic mass is 10.0. The van der Waals surface area contributed by atoms with Crippen molar-refractivity contribution in [3.63, 3.8) is 0 Å². The van der Waals surface area contributed by atoms with Crippen LogP contribution in [0.15, 0.2) is 24.3 Å². The highest BCUT2D eigenvalue weighted by molar-refractivity contribution is 5.92. The largest absolute Gasteiger partial charge is 0.416 e. The predicted molar refractivity (Wildman–Crippen MR) is 75.0 cm³/mol. The van der Waals surface area contributed by atoms with E-state index in [1.165, 1.54) is 12.1 Å². The fourth-order valence-electron chi connectivity index (χ4n) is 2.55. The summed E-state index contributed by atoms with van der Waals surface area (Å²) in [5.74, 6) is -0.275. The quantitative estimate of drug-likeness (QED) is 0.926. The molecule has 6 heteroatoms. The summed E-state index contributed by atoms with van der Waals surface area (Å²) in [7, 11) is 0. The topological polar surface area (TPSA) is 32.3 Å². The number of likely N-dealkylation sites (tertiary alicyclic amines) is 1. The van der Waals surface area contributed by atoms with E-state index in [1.807, 2.05) is 0 Å². The van der Waals surface area contributed by atoms with Crippen molar-refractivity contribution in [1.29, 1.82) is 0 Å². The van der Waals surface area contributed by atoms with Gasteiger partial charge in [-0.15, -0.1) is 0 Å². The van der Waals surface area contributed by atoms with Crippen LogP contribution in [0.1, 0.15) is 31.7 Å². The molecule has 0 unspecified atom stereocenters. The Kier molecular flexibility index (Phi) is 4.88. The van der Waals surface area contributed by atoms with Gasteiger partial charge in [-0.1, -0.05) is 12.5 Å². The summed E-state index contributed by atoms with van der Waals surface area (Å²) >= 11 is 0. The van der Waals surface area contributed by atoms with Crippen molar-refractivity contribution in [2.45, 2.75) is 38.4 Å². The van der Waals surface area contributed by atoms with Gasteiger partial charge in [0, 0.05) is 11.7 Å². The molecule has 3 nitrogen and oxygen atoms in total. The molecule has 21 heavy (non-hydrogen) atoms. The zero-order valence-corrected chi connectivity index (χ0v) is 11.9. The molecule has 0 aliphatic carbocycles. The van der Waals surface area contributed by atoms with Crippen LogP contribution in [0.4, 0.5) is 18.9 Å². The Morgan fingerprint density at radius 3 is 2.81 bits per heavy atom. The van der Waals surface area contributed by atoms with Gasteiger partial charge < -0.3 is 5.32 Å². The lowest BCUT2D eigenvalue weighted by molar-refractivity contribution is -0.137. The van der Waals surface area contributed by atoms with E-state index in [2.05, 4.69) is 17.1 Å². The smallest absolute Gasteiger partial charge is 0.325 e. The standard InChI is InChI=1S/C15H19F3N2O/c1-11-5-2-3-8-20(11)10-14(21)19-13-7-4-6-12(9-13)15(16,17)18/h4,6-7,9,11H,2-3,5,8,10H2,1H3,(H,19,21)/t11-/m1/s1. The number of halogens is 3. The van der Waals surface area contributed by atoms with Crippen molar-refractivity contribution in [1.82, 2.24) is 4.90 Å². The average molecular weight is 300 g/mol. The van der Waals surface area contributed by atoms with E-state index in [-0.39, 0.29) is 18.1 Å². The second-order valence-electron chi connectivity index (χ2n) is 5.44. The minimum atomic E-state index is -4.40. The van der Waals surface area contributed by atoms with E-state index >= 15 is 0 Å². The average Bonchev–Trinajstić information content (AvgIpc) is 2.41. The first kappa shape index (κ1) is 15.8. The first-order valence-electron chi connectivity index (χ1n) is 7.07. The molecule has 1 saturated heterocycles. The van der Waals surface area contributed by atoms with E-state index < -0.39 is 11.7 Å². The number of benzene rings is 1. The predicted octanol–water partition coefficient (Wildman–Crippen LogP) is 3.52. The number of carbonyl (C=O) groups excluding carboxylic acids is 1. The van der Waals surface area contributed by atoms with Crippen molar-refractivity contribution in [2.24, 2.45) is 0 Å². The van der Waals surface area contributed by atoms with Crippen LogP contribution in [0.5, 0.6) is 0 Å². The second kappa shape index (κ2) is 6.47. The van der Waals surface area contributed by atoms with Crippen LogP contribution in [0, 0.1) is 0 Å². The molecule has 1 N–H and O–H groups in total. The summed E-state index contributed by atoms with van der Waals surface area (Å²) in [5.41, 5.74) is -0.578. The van der Waals surface area contributed by atoms with Crippen molar-refractivity contribution in [3.05, 3.63) is 29.8 Å². The monoisotopic (exact) mass is 300 g/mol. The van der Waals surface area contributed by atoms with Gasteiger partial charge in [-0.25, -0.2) is 0 Å². The minimum absolute atomic E-state index is 0.180. The summed E-state index contributed by atoms with van der Waals surface area (Å²) in [6.45, 7) is 3.14. The number of nitrogens with zero attached hydrogens (tertiary/aromatic N) is 1. The number of rotatable bonds is 3. The molecule has 1 heterocycles. The SMILES string of the molecule is C[C@@H]1CCCCN1CC(=O)Nc1cccc(C(F)(F)F)c1. The zero-order valence-electron chi connectivity index (χ0n) is 11.9. The first-order chi connectivity index (χ1) is 9.86. The number of hydrogen-bond donors (Lipinski definition) is 1. The van der Waals surface area contributed by atoms with E-state index in [0.717, 1.165) is 37.9 Å². The molecule has 2 rings (SSSR count). The van der Waals surface area contributed by atoms with Crippen LogP contribution in [0.2, 0.25) is 0 Å². The number of carbonyl (C=O) groups is 1. The van der Waals surface area contributed by atoms with Crippen LogP contribution in [-0.4, -0.2) is 29.9 Å². The number of hydrogen-bond acceptors (Lipinski definition) is 2. The molecule has 0 saturated carbocycles. The van der Waals surface area contributed by atoms with Crippen LogP contribution < -0.4 is 5.32 Å². The molecule has 0 radical (unpaired) electrons. The molecule has 0 bridgehead atoms. The molecular weight excluding hydrogens is 281 g/mol. The Bertz CT molecular complexity index is 502. The Morgan fingerprint density at radius 1 is 1.38 bits per heavy atom. The summed E-state index contributed by atoms with van der Waals surface area (Å²) in [6.07, 6.45) is -1.13. The molecule has 1 aromatic carbocycles. The van der Waals surface area contributed by atoms with Gasteiger partial charge in [0.15, 0.2) is 0 Å². The molecule has 1 aromatic rings. The molecule has 1 atom stereocenters. The van der Waals surface area contributed by atoms with E-state index in [9.17, 15) is 18.0 Å². The molecule has 0 spiro atoms.